The molecule has 1 aromatic heterocycles. The fraction of sp³-hybridized carbons (Fsp3) is 0.267. The van der Waals surface area contributed by atoms with Gasteiger partial charge in [0.1, 0.15) is 18.1 Å². The number of aldehydes is 1. The van der Waals surface area contributed by atoms with E-state index in [-0.39, 0.29) is 6.61 Å². The maximum Gasteiger partial charge on any atom is 0.416 e. The fourth-order valence-corrected chi connectivity index (χ4v) is 1.82. The molecule has 0 N–H and O–H groups in total. The van der Waals surface area contributed by atoms with Gasteiger partial charge in [-0.3, -0.25) is 4.79 Å². The minimum atomic E-state index is -4.38. The first-order valence-electron chi connectivity index (χ1n) is 6.29. The Labute approximate surface area is 119 Å². The lowest BCUT2D eigenvalue weighted by molar-refractivity contribution is -0.137. The molecule has 0 radical (unpaired) electrons. The molecule has 1 heterocycles. The smallest absolute Gasteiger partial charge is 0.416 e. The highest BCUT2D eigenvalue weighted by atomic mass is 19.4. The number of ether oxygens (including phenoxy) is 1. The van der Waals surface area contributed by atoms with Crippen LogP contribution in [-0.2, 0) is 17.5 Å². The molecule has 0 saturated heterocycles. The first kappa shape index (κ1) is 15.3. The van der Waals surface area contributed by atoms with Crippen molar-refractivity contribution in [3.8, 4) is 11.3 Å². The van der Waals surface area contributed by atoms with Crippen molar-refractivity contribution in [1.82, 2.24) is 0 Å². The Morgan fingerprint density at radius 2 is 1.90 bits per heavy atom. The molecule has 0 fully saturated rings. The molecule has 1 aromatic carbocycles. The van der Waals surface area contributed by atoms with Crippen LogP contribution in [0.2, 0.25) is 0 Å². The SMILES string of the molecule is CCOCc1oc(-c2ccc(C(F)(F)F)cc2)cc1C=O. The topological polar surface area (TPSA) is 39.4 Å². The average Bonchev–Trinajstić information content (AvgIpc) is 2.87. The molecule has 0 unspecified atom stereocenters. The van der Waals surface area contributed by atoms with Crippen LogP contribution < -0.4 is 0 Å². The quantitative estimate of drug-likeness (QED) is 0.772. The van der Waals surface area contributed by atoms with E-state index < -0.39 is 11.7 Å². The molecular weight excluding hydrogens is 285 g/mol. The second-order valence-electron chi connectivity index (χ2n) is 4.32. The maximum atomic E-state index is 12.5. The van der Waals surface area contributed by atoms with E-state index in [1.54, 1.807) is 6.92 Å². The van der Waals surface area contributed by atoms with E-state index in [0.717, 1.165) is 12.1 Å². The minimum Gasteiger partial charge on any atom is -0.458 e. The maximum absolute atomic E-state index is 12.5. The zero-order valence-electron chi connectivity index (χ0n) is 11.2. The average molecular weight is 298 g/mol. The van der Waals surface area contributed by atoms with Crippen LogP contribution >= 0.6 is 0 Å². The Kier molecular flexibility index (Phi) is 4.47. The molecule has 0 atom stereocenters. The van der Waals surface area contributed by atoms with Gasteiger partial charge in [-0.15, -0.1) is 0 Å². The second kappa shape index (κ2) is 6.13. The van der Waals surface area contributed by atoms with Crippen LogP contribution in [-0.4, -0.2) is 12.9 Å². The number of benzene rings is 1. The second-order valence-corrected chi connectivity index (χ2v) is 4.32. The summed E-state index contributed by atoms with van der Waals surface area (Å²) >= 11 is 0. The summed E-state index contributed by atoms with van der Waals surface area (Å²) in [5.74, 6) is 0.697. The first-order valence-corrected chi connectivity index (χ1v) is 6.29. The Hall–Kier alpha value is -2.08. The van der Waals surface area contributed by atoms with Crippen LogP contribution in [0.3, 0.4) is 0 Å². The van der Waals surface area contributed by atoms with Crippen molar-refractivity contribution in [2.24, 2.45) is 0 Å². The molecule has 0 aliphatic carbocycles. The summed E-state index contributed by atoms with van der Waals surface area (Å²) < 4.78 is 48.1. The van der Waals surface area contributed by atoms with Crippen molar-refractivity contribution in [2.75, 3.05) is 6.61 Å². The highest BCUT2D eigenvalue weighted by Crippen LogP contribution is 2.32. The number of alkyl halides is 3. The number of carbonyl (C=O) groups excluding carboxylic acids is 1. The molecule has 2 rings (SSSR count). The Morgan fingerprint density at radius 1 is 1.24 bits per heavy atom. The van der Waals surface area contributed by atoms with E-state index in [0.29, 0.717) is 35.5 Å². The van der Waals surface area contributed by atoms with Gasteiger partial charge in [0.05, 0.1) is 11.1 Å². The lowest BCUT2D eigenvalue weighted by Gasteiger charge is -2.06. The minimum absolute atomic E-state index is 0.144. The molecule has 2 aromatic rings. The third kappa shape index (κ3) is 3.52. The van der Waals surface area contributed by atoms with Crippen LogP contribution in [0.1, 0.15) is 28.6 Å². The molecular formula is C15H13F3O3. The van der Waals surface area contributed by atoms with E-state index in [4.69, 9.17) is 9.15 Å². The summed E-state index contributed by atoms with van der Waals surface area (Å²) in [6.45, 7) is 2.42. The monoisotopic (exact) mass is 298 g/mol. The van der Waals surface area contributed by atoms with Gasteiger partial charge in [-0.25, -0.2) is 0 Å². The Bertz CT molecular complexity index is 612. The van der Waals surface area contributed by atoms with Gasteiger partial charge in [-0.1, -0.05) is 12.1 Å². The van der Waals surface area contributed by atoms with Crippen LogP contribution in [0.4, 0.5) is 13.2 Å². The third-order valence-corrected chi connectivity index (χ3v) is 2.90. The van der Waals surface area contributed by atoms with E-state index in [2.05, 4.69) is 0 Å². The van der Waals surface area contributed by atoms with E-state index in [9.17, 15) is 18.0 Å². The van der Waals surface area contributed by atoms with E-state index in [1.807, 2.05) is 0 Å². The highest BCUT2D eigenvalue weighted by molar-refractivity contribution is 5.79. The first-order chi connectivity index (χ1) is 9.95. The van der Waals surface area contributed by atoms with Crippen molar-refractivity contribution in [3.05, 3.63) is 47.2 Å². The molecule has 6 heteroatoms. The predicted octanol–water partition coefficient (Wildman–Crippen LogP) is 4.31. The molecule has 0 aliphatic heterocycles. The lowest BCUT2D eigenvalue weighted by atomic mass is 10.1. The lowest BCUT2D eigenvalue weighted by Crippen LogP contribution is -2.03. The normalized spacial score (nSPS) is 11.6. The summed E-state index contributed by atoms with van der Waals surface area (Å²) in [6, 6.07) is 6.05. The standard InChI is InChI=1S/C15H13F3O3/c1-2-20-9-14-11(8-19)7-13(21-14)10-3-5-12(6-4-10)15(16,17)18/h3-8H,2,9H2,1H3. The zero-order chi connectivity index (χ0) is 15.5. The zero-order valence-corrected chi connectivity index (χ0v) is 11.2. The van der Waals surface area contributed by atoms with Gasteiger partial charge in [0, 0.05) is 12.2 Å². The molecule has 0 bridgehead atoms. The van der Waals surface area contributed by atoms with E-state index in [1.165, 1.54) is 18.2 Å². The fourth-order valence-electron chi connectivity index (χ4n) is 1.82. The predicted molar refractivity (Wildman–Crippen MR) is 69.9 cm³/mol. The highest BCUT2D eigenvalue weighted by Gasteiger charge is 2.30. The Morgan fingerprint density at radius 3 is 2.43 bits per heavy atom. The number of hydrogen-bond acceptors (Lipinski definition) is 3. The Balaban J connectivity index is 2.29. The summed E-state index contributed by atoms with van der Waals surface area (Å²) in [4.78, 5) is 11.0. The molecule has 0 saturated carbocycles. The summed E-state index contributed by atoms with van der Waals surface area (Å²) in [6.07, 6.45) is -3.75. The molecule has 21 heavy (non-hydrogen) atoms. The number of halogens is 3. The summed E-state index contributed by atoms with van der Waals surface area (Å²) in [5, 5.41) is 0. The molecule has 3 nitrogen and oxygen atoms in total. The van der Waals surface area contributed by atoms with E-state index >= 15 is 0 Å². The van der Waals surface area contributed by atoms with Crippen molar-refractivity contribution >= 4 is 6.29 Å². The number of furan rings is 1. The van der Waals surface area contributed by atoms with Crippen molar-refractivity contribution in [2.45, 2.75) is 19.7 Å². The van der Waals surface area contributed by atoms with Gasteiger partial charge in [0.15, 0.2) is 6.29 Å². The van der Waals surface area contributed by atoms with Crippen molar-refractivity contribution in [3.63, 3.8) is 0 Å². The van der Waals surface area contributed by atoms with Crippen LogP contribution in [0.25, 0.3) is 11.3 Å². The van der Waals surface area contributed by atoms with Gasteiger partial charge in [-0.05, 0) is 25.1 Å². The van der Waals surface area contributed by atoms with Gasteiger partial charge in [-0.2, -0.15) is 13.2 Å². The van der Waals surface area contributed by atoms with Crippen molar-refractivity contribution in [1.29, 1.82) is 0 Å². The van der Waals surface area contributed by atoms with Gasteiger partial charge in [0.2, 0.25) is 0 Å². The molecule has 0 amide bonds. The van der Waals surface area contributed by atoms with Crippen LogP contribution in [0.15, 0.2) is 34.7 Å². The van der Waals surface area contributed by atoms with Crippen LogP contribution in [0, 0.1) is 0 Å². The molecule has 0 spiro atoms. The summed E-state index contributed by atoms with van der Waals surface area (Å²) in [7, 11) is 0. The number of rotatable bonds is 5. The largest absolute Gasteiger partial charge is 0.458 e. The van der Waals surface area contributed by atoms with Gasteiger partial charge in [0.25, 0.3) is 0 Å². The molecule has 112 valence electrons. The number of hydrogen-bond donors (Lipinski definition) is 0. The van der Waals surface area contributed by atoms with Gasteiger partial charge < -0.3 is 9.15 Å². The summed E-state index contributed by atoms with van der Waals surface area (Å²) in [5.41, 5.74) is 0.0650. The molecule has 0 aliphatic rings. The van der Waals surface area contributed by atoms with Gasteiger partial charge >= 0.3 is 6.18 Å². The van der Waals surface area contributed by atoms with Crippen LogP contribution in [0.5, 0.6) is 0 Å². The third-order valence-electron chi connectivity index (χ3n) is 2.90. The number of carbonyl (C=O) groups is 1. The van der Waals surface area contributed by atoms with Crippen molar-refractivity contribution < 1.29 is 27.1 Å².